The Balaban J connectivity index is 2.48. The van der Waals surface area contributed by atoms with Crippen molar-refractivity contribution in [2.24, 2.45) is 0 Å². The Morgan fingerprint density at radius 2 is 2.13 bits per heavy atom. The van der Waals surface area contributed by atoms with Crippen molar-refractivity contribution < 1.29 is 19.0 Å². The van der Waals surface area contributed by atoms with Crippen LogP contribution in [-0.2, 0) is 4.74 Å². The first-order valence-corrected chi connectivity index (χ1v) is 5.09. The molecule has 2 atom stereocenters. The molecule has 15 heavy (non-hydrogen) atoms. The van der Waals surface area contributed by atoms with Gasteiger partial charge in [0, 0.05) is 6.54 Å². The highest BCUT2D eigenvalue weighted by Crippen LogP contribution is 2.17. The van der Waals surface area contributed by atoms with Gasteiger partial charge in [0.15, 0.2) is 0 Å². The largest absolute Gasteiger partial charge is 0.444 e. The Kier molecular flexibility index (Phi) is 3.54. The Hall–Kier alpha value is -0.840. The van der Waals surface area contributed by atoms with Crippen molar-refractivity contribution >= 4 is 6.09 Å². The Labute approximate surface area is 89.0 Å². The van der Waals surface area contributed by atoms with Crippen LogP contribution in [0, 0.1) is 0 Å². The van der Waals surface area contributed by atoms with Crippen LogP contribution in [0.4, 0.5) is 9.18 Å². The number of hydrogen-bond donors (Lipinski definition) is 1. The van der Waals surface area contributed by atoms with E-state index in [0.717, 1.165) is 0 Å². The average Bonchev–Trinajstić information content (AvgIpc) is 2.06. The van der Waals surface area contributed by atoms with E-state index in [9.17, 15) is 9.18 Å². The van der Waals surface area contributed by atoms with Crippen LogP contribution in [0.1, 0.15) is 27.2 Å². The second-order valence-electron chi connectivity index (χ2n) is 4.80. The quantitative estimate of drug-likeness (QED) is 0.668. The first-order chi connectivity index (χ1) is 6.79. The lowest BCUT2D eigenvalue weighted by atomic mass is 10.1. The molecule has 0 bridgehead atoms. The highest BCUT2D eigenvalue weighted by atomic mass is 19.1. The van der Waals surface area contributed by atoms with Crippen LogP contribution in [0.2, 0.25) is 0 Å². The zero-order chi connectivity index (χ0) is 11.6. The summed E-state index contributed by atoms with van der Waals surface area (Å²) in [5.41, 5.74) is -0.570. The van der Waals surface area contributed by atoms with E-state index >= 15 is 0 Å². The van der Waals surface area contributed by atoms with Crippen molar-refractivity contribution in [1.29, 1.82) is 0 Å². The summed E-state index contributed by atoms with van der Waals surface area (Å²) in [7, 11) is 0. The summed E-state index contributed by atoms with van der Waals surface area (Å²) in [4.78, 5) is 12.8. The molecule has 1 heterocycles. The minimum absolute atomic E-state index is 0.0872. The number of carbonyl (C=O) groups excluding carboxylic acids is 1. The fraction of sp³-hybridized carbons (Fsp3) is 0.900. The molecule has 0 radical (unpaired) electrons. The number of likely N-dealkylation sites (tertiary alicyclic amines) is 1. The van der Waals surface area contributed by atoms with E-state index in [4.69, 9.17) is 9.84 Å². The fourth-order valence-corrected chi connectivity index (χ4v) is 1.38. The molecular weight excluding hydrogens is 201 g/mol. The smallest absolute Gasteiger partial charge is 0.410 e. The number of aliphatic hydroxyl groups is 1. The zero-order valence-electron chi connectivity index (χ0n) is 9.36. The maximum absolute atomic E-state index is 13.1. The molecule has 4 nitrogen and oxygen atoms in total. The Bertz CT molecular complexity index is 239. The fourth-order valence-electron chi connectivity index (χ4n) is 1.38. The number of piperidine rings is 1. The van der Waals surface area contributed by atoms with Crippen molar-refractivity contribution in [3.05, 3.63) is 0 Å². The van der Waals surface area contributed by atoms with Crippen LogP contribution in [0.5, 0.6) is 0 Å². The van der Waals surface area contributed by atoms with Gasteiger partial charge in [-0.3, -0.25) is 0 Å². The zero-order valence-corrected chi connectivity index (χ0v) is 9.36. The summed E-state index contributed by atoms with van der Waals surface area (Å²) in [6.45, 7) is 5.54. The van der Waals surface area contributed by atoms with Gasteiger partial charge in [-0.2, -0.15) is 0 Å². The SMILES string of the molecule is CC(C)(C)OC(=O)N1CC[C@@H](O)[C@@H](F)C1. The van der Waals surface area contributed by atoms with Gasteiger partial charge in [0.25, 0.3) is 0 Å². The average molecular weight is 219 g/mol. The van der Waals surface area contributed by atoms with Crippen LogP contribution in [0.15, 0.2) is 0 Å². The normalized spacial score (nSPS) is 27.7. The van der Waals surface area contributed by atoms with Crippen molar-refractivity contribution in [2.45, 2.75) is 45.1 Å². The van der Waals surface area contributed by atoms with Crippen LogP contribution >= 0.6 is 0 Å². The van der Waals surface area contributed by atoms with Gasteiger partial charge in [0.05, 0.1) is 12.6 Å². The van der Waals surface area contributed by atoms with Gasteiger partial charge in [-0.25, -0.2) is 9.18 Å². The number of amides is 1. The Morgan fingerprint density at radius 1 is 1.53 bits per heavy atom. The lowest BCUT2D eigenvalue weighted by molar-refractivity contribution is -0.0175. The maximum atomic E-state index is 13.1. The van der Waals surface area contributed by atoms with Crippen LogP contribution in [0.25, 0.3) is 0 Å². The highest BCUT2D eigenvalue weighted by molar-refractivity contribution is 5.68. The first kappa shape index (κ1) is 12.2. The predicted octanol–water partition coefficient (Wildman–Crippen LogP) is 1.33. The van der Waals surface area contributed by atoms with Gasteiger partial charge in [0.1, 0.15) is 11.8 Å². The molecule has 1 saturated heterocycles. The number of aliphatic hydroxyl groups excluding tert-OH is 1. The molecule has 0 aromatic rings. The summed E-state index contributed by atoms with van der Waals surface area (Å²) >= 11 is 0. The molecule has 1 rings (SSSR count). The second-order valence-corrected chi connectivity index (χ2v) is 4.80. The number of carbonyl (C=O) groups is 1. The summed E-state index contributed by atoms with van der Waals surface area (Å²) in [5.74, 6) is 0. The van der Waals surface area contributed by atoms with Crippen molar-refractivity contribution in [3.63, 3.8) is 0 Å². The minimum atomic E-state index is -1.37. The molecule has 5 heteroatoms. The maximum Gasteiger partial charge on any atom is 0.410 e. The second kappa shape index (κ2) is 4.35. The van der Waals surface area contributed by atoms with E-state index in [-0.39, 0.29) is 13.0 Å². The highest BCUT2D eigenvalue weighted by Gasteiger charge is 2.32. The molecular formula is C10H18FNO3. The number of nitrogens with zero attached hydrogens (tertiary/aromatic N) is 1. The molecule has 0 saturated carbocycles. The van der Waals surface area contributed by atoms with Crippen LogP contribution < -0.4 is 0 Å². The molecule has 0 aliphatic carbocycles. The summed E-state index contributed by atoms with van der Waals surface area (Å²) in [6, 6.07) is 0. The van der Waals surface area contributed by atoms with E-state index < -0.39 is 24.0 Å². The van der Waals surface area contributed by atoms with Crippen LogP contribution in [-0.4, -0.2) is 47.1 Å². The summed E-state index contributed by atoms with van der Waals surface area (Å²) in [5, 5.41) is 9.16. The number of halogens is 1. The van der Waals surface area contributed by atoms with E-state index in [1.54, 1.807) is 20.8 Å². The van der Waals surface area contributed by atoms with E-state index in [1.807, 2.05) is 0 Å². The third-order valence-electron chi connectivity index (χ3n) is 2.16. The number of alkyl halides is 1. The van der Waals surface area contributed by atoms with Crippen molar-refractivity contribution in [2.75, 3.05) is 13.1 Å². The monoisotopic (exact) mass is 219 g/mol. The van der Waals surface area contributed by atoms with Crippen molar-refractivity contribution in [3.8, 4) is 0 Å². The van der Waals surface area contributed by atoms with Gasteiger partial charge < -0.3 is 14.7 Å². The molecule has 0 aromatic carbocycles. The van der Waals surface area contributed by atoms with Gasteiger partial charge in [-0.1, -0.05) is 0 Å². The van der Waals surface area contributed by atoms with Gasteiger partial charge >= 0.3 is 6.09 Å². The molecule has 0 aromatic heterocycles. The number of rotatable bonds is 0. The third-order valence-corrected chi connectivity index (χ3v) is 2.16. The summed E-state index contributed by atoms with van der Waals surface area (Å²) < 4.78 is 18.2. The van der Waals surface area contributed by atoms with Crippen molar-refractivity contribution in [1.82, 2.24) is 4.90 Å². The Morgan fingerprint density at radius 3 is 2.60 bits per heavy atom. The van der Waals surface area contributed by atoms with Gasteiger partial charge in [-0.05, 0) is 27.2 Å². The molecule has 1 aliphatic rings. The standard InChI is InChI=1S/C10H18FNO3/c1-10(2,3)15-9(14)12-5-4-8(13)7(11)6-12/h7-8,13H,4-6H2,1-3H3/t7-,8+/m0/s1. The molecule has 1 aliphatic heterocycles. The van der Waals surface area contributed by atoms with Crippen LogP contribution in [0.3, 0.4) is 0 Å². The van der Waals surface area contributed by atoms with E-state index in [2.05, 4.69) is 0 Å². The third kappa shape index (κ3) is 3.66. The summed E-state index contributed by atoms with van der Waals surface area (Å²) in [6.07, 6.45) is -2.58. The van der Waals surface area contributed by atoms with E-state index in [1.165, 1.54) is 4.90 Å². The lowest BCUT2D eigenvalue weighted by Crippen LogP contribution is -2.48. The molecule has 88 valence electrons. The molecule has 1 N–H and O–H groups in total. The van der Waals surface area contributed by atoms with Gasteiger partial charge in [0.2, 0.25) is 0 Å². The molecule has 1 amide bonds. The topological polar surface area (TPSA) is 49.8 Å². The van der Waals surface area contributed by atoms with Gasteiger partial charge in [-0.15, -0.1) is 0 Å². The molecule has 0 spiro atoms. The predicted molar refractivity (Wildman–Crippen MR) is 53.3 cm³/mol. The molecule has 1 fully saturated rings. The molecule has 0 unspecified atom stereocenters. The minimum Gasteiger partial charge on any atom is -0.444 e. The lowest BCUT2D eigenvalue weighted by Gasteiger charge is -2.33. The van der Waals surface area contributed by atoms with E-state index in [0.29, 0.717) is 6.54 Å². The number of hydrogen-bond acceptors (Lipinski definition) is 3. The number of ether oxygens (including phenoxy) is 1. The first-order valence-electron chi connectivity index (χ1n) is 5.09.